The minimum absolute atomic E-state index is 0.234. The Morgan fingerprint density at radius 3 is 2.50 bits per heavy atom. The molecule has 0 amide bonds. The van der Waals surface area contributed by atoms with Crippen LogP contribution in [-0.4, -0.2) is 19.7 Å². The minimum Gasteiger partial charge on any atom is -0.244 e. The predicted octanol–water partition coefficient (Wildman–Crippen LogP) is 1.45. The second-order valence-electron chi connectivity index (χ2n) is 2.50. The average Bonchev–Trinajstić information content (AvgIpc) is 1.92. The SMILES string of the molecule is Cc1c(S(C)(=O)=O)ccnc1Cl. The molecule has 0 aliphatic heterocycles. The molecule has 0 aromatic carbocycles. The van der Waals surface area contributed by atoms with E-state index in [1.807, 2.05) is 0 Å². The molecule has 1 rings (SSSR count). The van der Waals surface area contributed by atoms with Crippen molar-refractivity contribution in [1.29, 1.82) is 0 Å². The molecule has 0 saturated carbocycles. The number of pyridine rings is 1. The van der Waals surface area contributed by atoms with Crippen LogP contribution in [0.3, 0.4) is 0 Å². The van der Waals surface area contributed by atoms with Gasteiger partial charge in [0.1, 0.15) is 5.15 Å². The van der Waals surface area contributed by atoms with E-state index in [9.17, 15) is 8.42 Å². The van der Waals surface area contributed by atoms with Crippen LogP contribution in [0.1, 0.15) is 5.56 Å². The first-order valence-electron chi connectivity index (χ1n) is 3.24. The lowest BCUT2D eigenvalue weighted by Crippen LogP contribution is -2.00. The van der Waals surface area contributed by atoms with Gasteiger partial charge in [-0.2, -0.15) is 0 Å². The third kappa shape index (κ3) is 1.76. The van der Waals surface area contributed by atoms with Gasteiger partial charge >= 0.3 is 0 Å². The smallest absolute Gasteiger partial charge is 0.175 e. The van der Waals surface area contributed by atoms with Gasteiger partial charge in [0.25, 0.3) is 0 Å². The van der Waals surface area contributed by atoms with Gasteiger partial charge in [-0.15, -0.1) is 0 Å². The fraction of sp³-hybridized carbons (Fsp3) is 0.286. The Labute approximate surface area is 76.3 Å². The lowest BCUT2D eigenvalue weighted by molar-refractivity contribution is 0.601. The molecule has 0 atom stereocenters. The van der Waals surface area contributed by atoms with E-state index >= 15 is 0 Å². The summed E-state index contributed by atoms with van der Waals surface area (Å²) in [6.07, 6.45) is 2.53. The van der Waals surface area contributed by atoms with Crippen LogP contribution in [0.2, 0.25) is 5.15 Å². The Kier molecular flexibility index (Phi) is 2.39. The molecule has 0 aliphatic carbocycles. The van der Waals surface area contributed by atoms with Gasteiger partial charge in [0.05, 0.1) is 4.90 Å². The summed E-state index contributed by atoms with van der Waals surface area (Å²) in [6.45, 7) is 1.63. The van der Waals surface area contributed by atoms with Crippen molar-refractivity contribution in [3.05, 3.63) is 23.0 Å². The Bertz CT molecular complexity index is 400. The quantitative estimate of drug-likeness (QED) is 0.652. The molecule has 0 radical (unpaired) electrons. The maximum Gasteiger partial charge on any atom is 0.175 e. The third-order valence-electron chi connectivity index (χ3n) is 1.49. The highest BCUT2D eigenvalue weighted by Gasteiger charge is 2.12. The van der Waals surface area contributed by atoms with Crippen molar-refractivity contribution in [3.8, 4) is 0 Å². The summed E-state index contributed by atoms with van der Waals surface area (Å²) in [5, 5.41) is 0.234. The Morgan fingerprint density at radius 1 is 1.50 bits per heavy atom. The number of sulfone groups is 1. The summed E-state index contributed by atoms with van der Waals surface area (Å²) < 4.78 is 22.2. The zero-order chi connectivity index (χ0) is 9.35. The molecule has 0 bridgehead atoms. The summed E-state index contributed by atoms with van der Waals surface area (Å²) in [4.78, 5) is 3.99. The van der Waals surface area contributed by atoms with E-state index in [2.05, 4.69) is 4.98 Å². The van der Waals surface area contributed by atoms with Gasteiger partial charge in [-0.3, -0.25) is 0 Å². The van der Waals surface area contributed by atoms with E-state index in [4.69, 9.17) is 11.6 Å². The molecule has 12 heavy (non-hydrogen) atoms. The topological polar surface area (TPSA) is 47.0 Å². The van der Waals surface area contributed by atoms with Crippen molar-refractivity contribution in [2.45, 2.75) is 11.8 Å². The number of nitrogens with zero attached hydrogens (tertiary/aromatic N) is 1. The predicted molar refractivity (Wildman–Crippen MR) is 47.1 cm³/mol. The van der Waals surface area contributed by atoms with Crippen LogP contribution in [0.15, 0.2) is 17.2 Å². The normalized spacial score (nSPS) is 11.6. The van der Waals surface area contributed by atoms with E-state index in [1.54, 1.807) is 6.92 Å². The van der Waals surface area contributed by atoms with E-state index < -0.39 is 9.84 Å². The summed E-state index contributed by atoms with van der Waals surface area (Å²) in [5.41, 5.74) is 0.502. The van der Waals surface area contributed by atoms with E-state index in [1.165, 1.54) is 12.3 Å². The second kappa shape index (κ2) is 3.03. The van der Waals surface area contributed by atoms with Crippen molar-refractivity contribution in [3.63, 3.8) is 0 Å². The number of hydrogen-bond acceptors (Lipinski definition) is 3. The molecular weight excluding hydrogens is 198 g/mol. The van der Waals surface area contributed by atoms with Gasteiger partial charge in [0.15, 0.2) is 9.84 Å². The fourth-order valence-corrected chi connectivity index (χ4v) is 2.07. The lowest BCUT2D eigenvalue weighted by atomic mass is 10.3. The number of aromatic nitrogens is 1. The minimum atomic E-state index is -3.18. The highest BCUT2D eigenvalue weighted by atomic mass is 35.5. The van der Waals surface area contributed by atoms with Crippen LogP contribution in [0.5, 0.6) is 0 Å². The summed E-state index contributed by atoms with van der Waals surface area (Å²) >= 11 is 5.64. The first kappa shape index (κ1) is 9.48. The molecule has 0 spiro atoms. The maximum atomic E-state index is 11.1. The van der Waals surface area contributed by atoms with Gasteiger partial charge in [0.2, 0.25) is 0 Å². The van der Waals surface area contributed by atoms with Gasteiger partial charge in [-0.1, -0.05) is 11.6 Å². The Morgan fingerprint density at radius 2 is 2.08 bits per heavy atom. The monoisotopic (exact) mass is 205 g/mol. The first-order valence-corrected chi connectivity index (χ1v) is 5.51. The lowest BCUT2D eigenvalue weighted by Gasteiger charge is -2.02. The summed E-state index contributed by atoms with van der Waals surface area (Å²) in [6, 6.07) is 1.44. The van der Waals surface area contributed by atoms with Crippen LogP contribution < -0.4 is 0 Å². The van der Waals surface area contributed by atoms with Crippen molar-refractivity contribution in [2.75, 3.05) is 6.26 Å². The zero-order valence-electron chi connectivity index (χ0n) is 6.70. The molecular formula is C7H8ClNO2S. The maximum absolute atomic E-state index is 11.1. The van der Waals surface area contributed by atoms with Gasteiger partial charge in [0, 0.05) is 18.0 Å². The third-order valence-corrected chi connectivity index (χ3v) is 3.11. The van der Waals surface area contributed by atoms with Gasteiger partial charge in [-0.05, 0) is 13.0 Å². The van der Waals surface area contributed by atoms with Crippen LogP contribution in [0.25, 0.3) is 0 Å². The van der Waals surface area contributed by atoms with Crippen LogP contribution in [-0.2, 0) is 9.84 Å². The highest BCUT2D eigenvalue weighted by molar-refractivity contribution is 7.90. The molecule has 0 unspecified atom stereocenters. The van der Waals surface area contributed by atoms with Crippen LogP contribution in [0, 0.1) is 6.92 Å². The largest absolute Gasteiger partial charge is 0.244 e. The van der Waals surface area contributed by atoms with Crippen molar-refractivity contribution in [1.82, 2.24) is 4.98 Å². The van der Waals surface area contributed by atoms with E-state index in [-0.39, 0.29) is 10.0 Å². The fourth-order valence-electron chi connectivity index (χ4n) is 0.896. The summed E-state index contributed by atoms with van der Waals surface area (Å²) in [7, 11) is -3.18. The Hall–Kier alpha value is -0.610. The highest BCUT2D eigenvalue weighted by Crippen LogP contribution is 2.19. The van der Waals surface area contributed by atoms with Crippen LogP contribution >= 0.6 is 11.6 Å². The van der Waals surface area contributed by atoms with E-state index in [0.717, 1.165) is 6.26 Å². The van der Waals surface area contributed by atoms with Crippen molar-refractivity contribution in [2.24, 2.45) is 0 Å². The molecule has 1 aromatic rings. The molecule has 3 nitrogen and oxygen atoms in total. The molecule has 0 aliphatic rings. The zero-order valence-corrected chi connectivity index (χ0v) is 8.28. The molecule has 0 N–H and O–H groups in total. The molecule has 0 saturated heterocycles. The molecule has 1 aromatic heterocycles. The molecule has 5 heteroatoms. The molecule has 66 valence electrons. The number of hydrogen-bond donors (Lipinski definition) is 0. The second-order valence-corrected chi connectivity index (χ2v) is 4.84. The van der Waals surface area contributed by atoms with E-state index in [0.29, 0.717) is 5.56 Å². The number of halogens is 1. The standard InChI is InChI=1S/C7H8ClNO2S/c1-5-6(12(2,10)11)3-4-9-7(5)8/h3-4H,1-2H3. The Balaban J connectivity index is 3.47. The molecule has 0 fully saturated rings. The van der Waals surface area contributed by atoms with Crippen molar-refractivity contribution >= 4 is 21.4 Å². The van der Waals surface area contributed by atoms with Gasteiger partial charge < -0.3 is 0 Å². The van der Waals surface area contributed by atoms with Crippen molar-refractivity contribution < 1.29 is 8.42 Å². The number of rotatable bonds is 1. The molecule has 1 heterocycles. The summed E-state index contributed by atoms with van der Waals surface area (Å²) in [5.74, 6) is 0. The van der Waals surface area contributed by atoms with Gasteiger partial charge in [-0.25, -0.2) is 13.4 Å². The van der Waals surface area contributed by atoms with Crippen LogP contribution in [0.4, 0.5) is 0 Å². The average molecular weight is 206 g/mol. The first-order chi connectivity index (χ1) is 5.43.